The number of ether oxygens (including phenoxy) is 1. The molecule has 106 valence electrons. The molecule has 3 nitrogen and oxygen atoms in total. The molecule has 1 heterocycles. The number of hydrogen-bond acceptors (Lipinski definition) is 3. The second kappa shape index (κ2) is 5.79. The van der Waals surface area contributed by atoms with Gasteiger partial charge in [0, 0.05) is 24.7 Å². The van der Waals surface area contributed by atoms with Crippen molar-refractivity contribution in [3.05, 3.63) is 29.3 Å². The molecule has 19 heavy (non-hydrogen) atoms. The Kier molecular flexibility index (Phi) is 4.31. The van der Waals surface area contributed by atoms with Gasteiger partial charge in [-0.25, -0.2) is 8.78 Å². The van der Waals surface area contributed by atoms with Crippen LogP contribution in [0.2, 0.25) is 0 Å². The summed E-state index contributed by atoms with van der Waals surface area (Å²) in [6.45, 7) is 0.981. The van der Waals surface area contributed by atoms with Crippen molar-refractivity contribution in [3.63, 3.8) is 0 Å². The molecule has 1 aliphatic heterocycles. The Balaban J connectivity index is 2.23. The maximum atomic E-state index is 14.4. The van der Waals surface area contributed by atoms with Gasteiger partial charge in [0.15, 0.2) is 17.9 Å². The Morgan fingerprint density at radius 2 is 1.95 bits per heavy atom. The van der Waals surface area contributed by atoms with Crippen molar-refractivity contribution < 1.29 is 17.9 Å². The van der Waals surface area contributed by atoms with Crippen LogP contribution < -0.4 is 10.5 Å². The summed E-state index contributed by atoms with van der Waals surface area (Å²) in [5, 5.41) is 0. The lowest BCUT2D eigenvalue weighted by atomic mass is 10.0. The van der Waals surface area contributed by atoms with E-state index in [4.69, 9.17) is 10.5 Å². The van der Waals surface area contributed by atoms with Gasteiger partial charge in [0.25, 0.3) is 0 Å². The molecule has 1 aromatic rings. The number of benzene rings is 1. The molecule has 1 fully saturated rings. The highest BCUT2D eigenvalue weighted by Crippen LogP contribution is 2.34. The minimum absolute atomic E-state index is 0.0110. The maximum Gasteiger partial charge on any atom is 0.201 e. The fourth-order valence-electron chi connectivity index (χ4n) is 2.28. The van der Waals surface area contributed by atoms with Crippen LogP contribution >= 0.6 is 0 Å². The molecule has 1 aromatic carbocycles. The topological polar surface area (TPSA) is 38.5 Å². The van der Waals surface area contributed by atoms with Crippen LogP contribution in [0, 0.1) is 11.6 Å². The summed E-state index contributed by atoms with van der Waals surface area (Å²) in [6.07, 6.45) is -0.142. The Morgan fingerprint density at radius 1 is 1.32 bits per heavy atom. The molecular formula is C13H17F3N2O. The SMILES string of the molecule is COc1c(C(F)N2CCC(N)CC2)ccc(F)c1F. The molecule has 0 bridgehead atoms. The van der Waals surface area contributed by atoms with Crippen molar-refractivity contribution in [2.24, 2.45) is 5.73 Å². The fourth-order valence-corrected chi connectivity index (χ4v) is 2.28. The molecular weight excluding hydrogens is 257 g/mol. The molecule has 0 radical (unpaired) electrons. The summed E-state index contributed by atoms with van der Waals surface area (Å²) in [5.74, 6) is -2.58. The summed E-state index contributed by atoms with van der Waals surface area (Å²) in [4.78, 5) is 1.55. The number of piperidine rings is 1. The van der Waals surface area contributed by atoms with Crippen LogP contribution in [0.4, 0.5) is 13.2 Å². The van der Waals surface area contributed by atoms with E-state index < -0.39 is 17.9 Å². The van der Waals surface area contributed by atoms with Crippen molar-refractivity contribution in [2.75, 3.05) is 20.2 Å². The lowest BCUT2D eigenvalue weighted by Gasteiger charge is -2.33. The molecule has 0 amide bonds. The Labute approximate surface area is 110 Å². The molecule has 1 aliphatic rings. The first-order chi connectivity index (χ1) is 9.04. The predicted octanol–water partition coefficient (Wildman–Crippen LogP) is 2.36. The third-order valence-corrected chi connectivity index (χ3v) is 3.44. The van der Waals surface area contributed by atoms with E-state index in [1.165, 1.54) is 13.2 Å². The average Bonchev–Trinajstić information content (AvgIpc) is 2.41. The molecule has 1 saturated heterocycles. The number of methoxy groups -OCH3 is 1. The van der Waals surface area contributed by atoms with Crippen molar-refractivity contribution in [3.8, 4) is 5.75 Å². The van der Waals surface area contributed by atoms with Crippen molar-refractivity contribution in [1.82, 2.24) is 4.90 Å². The van der Waals surface area contributed by atoms with Crippen LogP contribution in [0.1, 0.15) is 24.7 Å². The van der Waals surface area contributed by atoms with E-state index in [1.54, 1.807) is 4.90 Å². The molecule has 1 atom stereocenters. The van der Waals surface area contributed by atoms with Gasteiger partial charge in [-0.1, -0.05) is 0 Å². The second-order valence-electron chi connectivity index (χ2n) is 4.69. The zero-order chi connectivity index (χ0) is 14.0. The number of likely N-dealkylation sites (tertiary alicyclic amines) is 1. The molecule has 1 unspecified atom stereocenters. The largest absolute Gasteiger partial charge is 0.493 e. The van der Waals surface area contributed by atoms with Crippen molar-refractivity contribution in [1.29, 1.82) is 0 Å². The highest BCUT2D eigenvalue weighted by atomic mass is 19.2. The highest BCUT2D eigenvalue weighted by Gasteiger charge is 2.28. The minimum atomic E-state index is -1.52. The smallest absolute Gasteiger partial charge is 0.201 e. The van der Waals surface area contributed by atoms with Gasteiger partial charge in [-0.3, -0.25) is 4.90 Å². The molecule has 0 saturated carbocycles. The molecule has 2 rings (SSSR count). The highest BCUT2D eigenvalue weighted by molar-refractivity contribution is 5.37. The first-order valence-corrected chi connectivity index (χ1v) is 6.20. The van der Waals surface area contributed by atoms with E-state index >= 15 is 0 Å². The molecule has 0 spiro atoms. The number of nitrogens with zero attached hydrogens (tertiary/aromatic N) is 1. The van der Waals surface area contributed by atoms with E-state index in [0.717, 1.165) is 6.07 Å². The normalized spacial score (nSPS) is 19.4. The lowest BCUT2D eigenvalue weighted by Crippen LogP contribution is -2.40. The number of halogens is 3. The Hall–Kier alpha value is -1.27. The number of hydrogen-bond donors (Lipinski definition) is 1. The van der Waals surface area contributed by atoms with Crippen molar-refractivity contribution >= 4 is 0 Å². The van der Waals surface area contributed by atoms with E-state index in [2.05, 4.69) is 0 Å². The first kappa shape index (κ1) is 14.1. The fraction of sp³-hybridized carbons (Fsp3) is 0.538. The van der Waals surface area contributed by atoms with E-state index in [1.807, 2.05) is 0 Å². The molecule has 6 heteroatoms. The van der Waals surface area contributed by atoms with Gasteiger partial charge in [-0.15, -0.1) is 0 Å². The van der Waals surface area contributed by atoms with Crippen LogP contribution in [0.3, 0.4) is 0 Å². The number of nitrogens with two attached hydrogens (primary N) is 1. The van der Waals surface area contributed by atoms with Gasteiger partial charge in [0.2, 0.25) is 5.82 Å². The van der Waals surface area contributed by atoms with E-state index in [-0.39, 0.29) is 17.4 Å². The van der Waals surface area contributed by atoms with Gasteiger partial charge in [0.05, 0.1) is 7.11 Å². The zero-order valence-electron chi connectivity index (χ0n) is 10.7. The predicted molar refractivity (Wildman–Crippen MR) is 65.5 cm³/mol. The number of rotatable bonds is 3. The lowest BCUT2D eigenvalue weighted by molar-refractivity contribution is 0.0560. The minimum Gasteiger partial charge on any atom is -0.493 e. The zero-order valence-corrected chi connectivity index (χ0v) is 10.7. The monoisotopic (exact) mass is 274 g/mol. The Bertz CT molecular complexity index is 448. The number of alkyl halides is 1. The maximum absolute atomic E-state index is 14.4. The third-order valence-electron chi connectivity index (χ3n) is 3.44. The van der Waals surface area contributed by atoms with Gasteiger partial charge in [-0.05, 0) is 25.0 Å². The summed E-state index contributed by atoms with van der Waals surface area (Å²) in [5.41, 5.74) is 5.76. The summed E-state index contributed by atoms with van der Waals surface area (Å²) >= 11 is 0. The van der Waals surface area contributed by atoms with Crippen molar-refractivity contribution in [2.45, 2.75) is 25.2 Å². The van der Waals surface area contributed by atoms with E-state index in [0.29, 0.717) is 25.9 Å². The summed E-state index contributed by atoms with van der Waals surface area (Å²) in [7, 11) is 1.19. The van der Waals surface area contributed by atoms with Crippen LogP contribution in [0.5, 0.6) is 5.75 Å². The molecule has 0 aromatic heterocycles. The van der Waals surface area contributed by atoms with Gasteiger partial charge in [-0.2, -0.15) is 4.39 Å². The van der Waals surface area contributed by atoms with Gasteiger partial charge >= 0.3 is 0 Å². The average molecular weight is 274 g/mol. The summed E-state index contributed by atoms with van der Waals surface area (Å²) in [6, 6.07) is 2.21. The van der Waals surface area contributed by atoms with Crippen LogP contribution in [0.25, 0.3) is 0 Å². The third kappa shape index (κ3) is 2.84. The summed E-state index contributed by atoms with van der Waals surface area (Å²) < 4.78 is 45.8. The van der Waals surface area contributed by atoms with Crippen LogP contribution in [-0.2, 0) is 0 Å². The van der Waals surface area contributed by atoms with Crippen LogP contribution in [-0.4, -0.2) is 31.1 Å². The quantitative estimate of drug-likeness (QED) is 0.860. The van der Waals surface area contributed by atoms with Gasteiger partial charge in [0.1, 0.15) is 0 Å². The first-order valence-electron chi connectivity index (χ1n) is 6.20. The second-order valence-corrected chi connectivity index (χ2v) is 4.69. The van der Waals surface area contributed by atoms with E-state index in [9.17, 15) is 13.2 Å². The Morgan fingerprint density at radius 3 is 2.53 bits per heavy atom. The molecule has 0 aliphatic carbocycles. The standard InChI is InChI=1S/C13H17F3N2O/c1-19-12-9(2-3-10(14)11(12)15)13(16)18-6-4-8(17)5-7-18/h2-3,8,13H,4-7,17H2,1H3. The molecule has 2 N–H and O–H groups in total. The van der Waals surface area contributed by atoms with Gasteiger partial charge < -0.3 is 10.5 Å². The van der Waals surface area contributed by atoms with Crippen LogP contribution in [0.15, 0.2) is 12.1 Å².